The molecule has 0 atom stereocenters. The second kappa shape index (κ2) is 13.5. The number of hydrogen-bond acceptors (Lipinski definition) is 4. The van der Waals surface area contributed by atoms with E-state index in [1.165, 1.54) is 0 Å². The van der Waals surface area contributed by atoms with Crippen molar-refractivity contribution in [3.63, 3.8) is 0 Å². The molecule has 1 heterocycles. The van der Waals surface area contributed by atoms with Crippen molar-refractivity contribution in [2.45, 2.75) is 13.2 Å². The van der Waals surface area contributed by atoms with Crippen molar-refractivity contribution in [1.29, 1.82) is 0 Å². The zero-order chi connectivity index (χ0) is 18.2. The van der Waals surface area contributed by atoms with Crippen molar-refractivity contribution in [3.05, 3.63) is 63.6 Å². The van der Waals surface area contributed by atoms with Crippen LogP contribution in [0.4, 0.5) is 0 Å². The van der Waals surface area contributed by atoms with Gasteiger partial charge in [0, 0.05) is 48.3 Å². The number of nitrogens with zero attached hydrogens (tertiary/aromatic N) is 1. The summed E-state index contributed by atoms with van der Waals surface area (Å²) in [6, 6.07) is 13.4. The number of halogens is 4. The average Bonchev–Trinajstić information content (AvgIpc) is 2.67. The second-order valence-electron chi connectivity index (χ2n) is 6.30. The topological polar surface area (TPSA) is 33.7 Å². The fraction of sp³-hybridized carbons (Fsp3) is 0.400. The molecule has 8 heteroatoms. The maximum absolute atomic E-state index is 6.17. The van der Waals surface area contributed by atoms with Crippen molar-refractivity contribution in [1.82, 2.24) is 10.2 Å². The first-order valence-corrected chi connectivity index (χ1v) is 9.63. The molecule has 0 radical (unpaired) electrons. The first-order chi connectivity index (χ1) is 12.7. The molecule has 1 aliphatic heterocycles. The first-order valence-electron chi connectivity index (χ1n) is 8.87. The molecule has 0 saturated carbocycles. The predicted molar refractivity (Wildman–Crippen MR) is 121 cm³/mol. The Balaban J connectivity index is 0.00000196. The Morgan fingerprint density at radius 2 is 1.64 bits per heavy atom. The molecule has 1 fully saturated rings. The fourth-order valence-corrected chi connectivity index (χ4v) is 3.17. The maximum atomic E-state index is 6.17. The smallest absolute Gasteiger partial charge is 0.124 e. The van der Waals surface area contributed by atoms with E-state index in [2.05, 4.69) is 10.2 Å². The largest absolute Gasteiger partial charge is 0.489 e. The van der Waals surface area contributed by atoms with Crippen molar-refractivity contribution in [2.75, 3.05) is 39.4 Å². The fourth-order valence-electron chi connectivity index (χ4n) is 2.85. The minimum Gasteiger partial charge on any atom is -0.489 e. The summed E-state index contributed by atoms with van der Waals surface area (Å²) in [6.07, 6.45) is 0. The summed E-state index contributed by atoms with van der Waals surface area (Å²) in [4.78, 5) is 2.41. The summed E-state index contributed by atoms with van der Waals surface area (Å²) in [5.74, 6) is 0.850. The summed E-state index contributed by atoms with van der Waals surface area (Å²) < 4.78 is 11.4. The van der Waals surface area contributed by atoms with E-state index >= 15 is 0 Å². The van der Waals surface area contributed by atoms with Gasteiger partial charge in [0.2, 0.25) is 0 Å². The van der Waals surface area contributed by atoms with Gasteiger partial charge in [0.05, 0.1) is 13.2 Å². The lowest BCUT2D eigenvalue weighted by molar-refractivity contribution is 0.0384. The Morgan fingerprint density at radius 1 is 0.964 bits per heavy atom. The van der Waals surface area contributed by atoms with Gasteiger partial charge in [0.25, 0.3) is 0 Å². The van der Waals surface area contributed by atoms with Gasteiger partial charge in [-0.15, -0.1) is 24.8 Å². The summed E-state index contributed by atoms with van der Waals surface area (Å²) in [7, 11) is 0. The quantitative estimate of drug-likeness (QED) is 0.563. The normalized spacial score (nSPS) is 14.1. The number of rotatable bonds is 8. The Bertz CT molecular complexity index is 695. The molecule has 1 aliphatic rings. The lowest BCUT2D eigenvalue weighted by Gasteiger charge is -2.26. The predicted octanol–water partition coefficient (Wildman–Crippen LogP) is 4.84. The molecule has 3 rings (SSSR count). The molecule has 1 saturated heterocycles. The Kier molecular flexibility index (Phi) is 12.2. The number of hydrogen-bond donors (Lipinski definition) is 1. The Labute approximate surface area is 189 Å². The first kappa shape index (κ1) is 25.3. The van der Waals surface area contributed by atoms with Crippen LogP contribution in [-0.2, 0) is 17.9 Å². The van der Waals surface area contributed by atoms with Gasteiger partial charge >= 0.3 is 0 Å². The van der Waals surface area contributed by atoms with Crippen LogP contribution in [0.3, 0.4) is 0 Å². The molecule has 28 heavy (non-hydrogen) atoms. The minimum atomic E-state index is 0. The van der Waals surface area contributed by atoms with Crippen molar-refractivity contribution >= 4 is 48.0 Å². The third kappa shape index (κ3) is 8.34. The van der Waals surface area contributed by atoms with Crippen molar-refractivity contribution in [2.24, 2.45) is 0 Å². The monoisotopic (exact) mass is 466 g/mol. The van der Waals surface area contributed by atoms with Crippen LogP contribution in [0.5, 0.6) is 5.75 Å². The van der Waals surface area contributed by atoms with E-state index in [4.69, 9.17) is 32.7 Å². The van der Waals surface area contributed by atoms with E-state index in [0.29, 0.717) is 11.6 Å². The van der Waals surface area contributed by atoms with Crippen LogP contribution in [-0.4, -0.2) is 44.3 Å². The highest BCUT2D eigenvalue weighted by Crippen LogP contribution is 2.24. The Hall–Kier alpha value is -0.720. The van der Waals surface area contributed by atoms with Crippen LogP contribution in [0.2, 0.25) is 10.0 Å². The van der Waals surface area contributed by atoms with Crippen molar-refractivity contribution in [3.8, 4) is 5.75 Å². The van der Waals surface area contributed by atoms with Crippen LogP contribution < -0.4 is 10.1 Å². The molecule has 2 aromatic carbocycles. The highest BCUT2D eigenvalue weighted by Gasteiger charge is 2.10. The molecule has 0 amide bonds. The molecule has 0 spiro atoms. The zero-order valence-corrected chi connectivity index (χ0v) is 18.7. The zero-order valence-electron chi connectivity index (χ0n) is 15.5. The highest BCUT2D eigenvalue weighted by atomic mass is 35.5. The maximum Gasteiger partial charge on any atom is 0.124 e. The Morgan fingerprint density at radius 3 is 2.36 bits per heavy atom. The average molecular weight is 468 g/mol. The number of nitrogens with one attached hydrogen (secondary N) is 1. The number of benzene rings is 2. The van der Waals surface area contributed by atoms with Gasteiger partial charge in [-0.2, -0.15) is 0 Å². The molecule has 0 unspecified atom stereocenters. The van der Waals surface area contributed by atoms with Gasteiger partial charge in [-0.05, 0) is 35.9 Å². The molecule has 4 nitrogen and oxygen atoms in total. The van der Waals surface area contributed by atoms with Gasteiger partial charge in [0.15, 0.2) is 0 Å². The molecule has 1 N–H and O–H groups in total. The SMILES string of the molecule is Cl.Cl.Clc1ccc(COc2ccc(Cl)cc2CNCCN2CCOCC2)cc1. The molecule has 0 aliphatic carbocycles. The minimum absolute atomic E-state index is 0. The van der Waals surface area contributed by atoms with E-state index in [1.54, 1.807) is 0 Å². The molecule has 156 valence electrons. The standard InChI is InChI=1S/C20H24Cl2N2O2.2ClH/c21-18-3-1-16(2-4-18)15-26-20-6-5-19(22)13-17(20)14-23-7-8-24-9-11-25-12-10-24;;/h1-6,13,23H,7-12,14-15H2;2*1H. The van der Waals surface area contributed by atoms with E-state index in [0.717, 1.165) is 67.8 Å². The van der Waals surface area contributed by atoms with E-state index < -0.39 is 0 Å². The summed E-state index contributed by atoms with van der Waals surface area (Å²) in [6.45, 7) is 6.84. The number of morpholine rings is 1. The van der Waals surface area contributed by atoms with Gasteiger partial charge in [-0.1, -0.05) is 35.3 Å². The van der Waals surface area contributed by atoms with Gasteiger partial charge in [-0.3, -0.25) is 4.90 Å². The summed E-state index contributed by atoms with van der Waals surface area (Å²) >= 11 is 12.1. The summed E-state index contributed by atoms with van der Waals surface area (Å²) in [5.41, 5.74) is 2.14. The van der Waals surface area contributed by atoms with Gasteiger partial charge < -0.3 is 14.8 Å². The van der Waals surface area contributed by atoms with Crippen molar-refractivity contribution < 1.29 is 9.47 Å². The lowest BCUT2D eigenvalue weighted by Crippen LogP contribution is -2.40. The molecule has 0 bridgehead atoms. The second-order valence-corrected chi connectivity index (χ2v) is 7.17. The van der Waals surface area contributed by atoms with E-state index in [-0.39, 0.29) is 24.8 Å². The highest BCUT2D eigenvalue weighted by molar-refractivity contribution is 6.30. The van der Waals surface area contributed by atoms with E-state index in [9.17, 15) is 0 Å². The molecular weight excluding hydrogens is 442 g/mol. The van der Waals surface area contributed by atoms with E-state index in [1.807, 2.05) is 42.5 Å². The molecule has 2 aromatic rings. The van der Waals surface area contributed by atoms with Crippen LogP contribution in [0.25, 0.3) is 0 Å². The van der Waals surface area contributed by atoms with Gasteiger partial charge in [-0.25, -0.2) is 0 Å². The molecule has 0 aromatic heterocycles. The third-order valence-electron chi connectivity index (χ3n) is 4.35. The van der Waals surface area contributed by atoms with Crippen LogP contribution in [0, 0.1) is 0 Å². The molecular formula is C20H26Cl4N2O2. The van der Waals surface area contributed by atoms with Gasteiger partial charge in [0.1, 0.15) is 12.4 Å². The lowest BCUT2D eigenvalue weighted by atomic mass is 10.2. The third-order valence-corrected chi connectivity index (χ3v) is 4.84. The number of ether oxygens (including phenoxy) is 2. The van der Waals surface area contributed by atoms with Crippen LogP contribution in [0.15, 0.2) is 42.5 Å². The van der Waals surface area contributed by atoms with Crippen LogP contribution in [0.1, 0.15) is 11.1 Å². The summed E-state index contributed by atoms with van der Waals surface area (Å²) in [5, 5.41) is 4.93. The van der Waals surface area contributed by atoms with Crippen LogP contribution >= 0.6 is 48.0 Å².